The highest BCUT2D eigenvalue weighted by molar-refractivity contribution is 5.81. The van der Waals surface area contributed by atoms with Crippen LogP contribution in [0.3, 0.4) is 0 Å². The van der Waals surface area contributed by atoms with Crippen molar-refractivity contribution in [3.05, 3.63) is 90.8 Å². The lowest BCUT2D eigenvalue weighted by molar-refractivity contribution is 0.251. The van der Waals surface area contributed by atoms with Crippen LogP contribution in [0.5, 0.6) is 0 Å². The Labute approximate surface area is 191 Å². The Morgan fingerprint density at radius 1 is 1.03 bits per heavy atom. The third-order valence-electron chi connectivity index (χ3n) is 5.66. The lowest BCUT2D eigenvalue weighted by atomic mass is 10.0. The maximum Gasteiger partial charge on any atom is 0.130 e. The predicted molar refractivity (Wildman–Crippen MR) is 126 cm³/mol. The second kappa shape index (κ2) is 9.12. The molecule has 5 rings (SSSR count). The van der Waals surface area contributed by atoms with Crippen molar-refractivity contribution in [3.8, 4) is 11.1 Å². The second-order valence-corrected chi connectivity index (χ2v) is 7.70. The average Bonchev–Trinajstić information content (AvgIpc) is 3.40. The third-order valence-corrected chi connectivity index (χ3v) is 5.66. The fourth-order valence-corrected chi connectivity index (χ4v) is 3.95. The number of ether oxygens (including phenoxy) is 2. The first-order valence-electron chi connectivity index (χ1n) is 10.7. The Bertz CT molecular complexity index is 1300. The minimum atomic E-state index is -0.0237. The molecule has 0 amide bonds. The van der Waals surface area contributed by atoms with Crippen molar-refractivity contribution < 1.29 is 9.47 Å². The molecule has 1 aliphatic rings. The van der Waals surface area contributed by atoms with Gasteiger partial charge in [0.05, 0.1) is 37.8 Å². The number of anilines is 1. The van der Waals surface area contributed by atoms with Crippen LogP contribution < -0.4 is 4.90 Å². The van der Waals surface area contributed by atoms with Gasteiger partial charge in [0, 0.05) is 54.6 Å². The van der Waals surface area contributed by atoms with Gasteiger partial charge in [-0.15, -0.1) is 0 Å². The van der Waals surface area contributed by atoms with Crippen LogP contribution >= 0.6 is 0 Å². The molecule has 8 nitrogen and oxygen atoms in total. The van der Waals surface area contributed by atoms with Crippen LogP contribution in [0.25, 0.3) is 22.2 Å². The zero-order valence-corrected chi connectivity index (χ0v) is 18.5. The molecule has 0 fully saturated rings. The van der Waals surface area contributed by atoms with E-state index in [4.69, 9.17) is 14.5 Å². The van der Waals surface area contributed by atoms with Gasteiger partial charge in [-0.3, -0.25) is 9.97 Å². The van der Waals surface area contributed by atoms with E-state index < -0.39 is 0 Å². The Morgan fingerprint density at radius 3 is 2.73 bits per heavy atom. The van der Waals surface area contributed by atoms with Gasteiger partial charge >= 0.3 is 0 Å². The smallest absolute Gasteiger partial charge is 0.130 e. The number of aromatic nitrogens is 5. The van der Waals surface area contributed by atoms with Crippen molar-refractivity contribution in [1.29, 1.82) is 0 Å². The van der Waals surface area contributed by atoms with Crippen molar-refractivity contribution in [3.63, 3.8) is 0 Å². The molecule has 166 valence electrons. The summed E-state index contributed by atoms with van der Waals surface area (Å²) in [6.07, 6.45) is 13.7. The van der Waals surface area contributed by atoms with E-state index in [2.05, 4.69) is 30.9 Å². The van der Waals surface area contributed by atoms with Gasteiger partial charge in [-0.2, -0.15) is 0 Å². The fraction of sp³-hybridized carbons (Fsp3) is 0.200. The topological polar surface area (TPSA) is 89.1 Å². The highest BCUT2D eigenvalue weighted by Gasteiger charge is 2.25. The SMILES string of the molecule is COC1=CC(N(Cc2ncc[nH]2)c2ccc3ncc(-c4cccnc4)cc3n2)CC(OC)=C1. The number of nitrogens with one attached hydrogen (secondary N) is 1. The number of pyridine rings is 3. The Kier molecular flexibility index (Phi) is 5.72. The third kappa shape index (κ3) is 4.41. The summed E-state index contributed by atoms with van der Waals surface area (Å²) in [5.41, 5.74) is 3.62. The minimum absolute atomic E-state index is 0.0237. The van der Waals surface area contributed by atoms with Crippen LogP contribution in [0, 0.1) is 0 Å². The van der Waals surface area contributed by atoms with E-state index in [1.807, 2.05) is 55.0 Å². The number of H-pyrrole nitrogens is 1. The summed E-state index contributed by atoms with van der Waals surface area (Å²) >= 11 is 0. The van der Waals surface area contributed by atoms with E-state index in [0.717, 1.165) is 45.3 Å². The van der Waals surface area contributed by atoms with Gasteiger partial charge in [0.2, 0.25) is 0 Å². The average molecular weight is 441 g/mol. The van der Waals surface area contributed by atoms with E-state index >= 15 is 0 Å². The molecule has 0 radical (unpaired) electrons. The van der Waals surface area contributed by atoms with Crippen LogP contribution in [0.15, 0.2) is 85.0 Å². The molecule has 1 aliphatic carbocycles. The number of imidazole rings is 1. The summed E-state index contributed by atoms with van der Waals surface area (Å²) in [6, 6.07) is 9.94. The summed E-state index contributed by atoms with van der Waals surface area (Å²) in [5.74, 6) is 3.28. The highest BCUT2D eigenvalue weighted by Crippen LogP contribution is 2.29. The largest absolute Gasteiger partial charge is 0.501 e. The molecule has 1 atom stereocenters. The summed E-state index contributed by atoms with van der Waals surface area (Å²) in [6.45, 7) is 0.552. The molecular weight excluding hydrogens is 416 g/mol. The van der Waals surface area contributed by atoms with E-state index in [9.17, 15) is 0 Å². The molecule has 4 heterocycles. The first-order valence-corrected chi connectivity index (χ1v) is 10.7. The minimum Gasteiger partial charge on any atom is -0.501 e. The van der Waals surface area contributed by atoms with E-state index in [-0.39, 0.29) is 6.04 Å². The summed E-state index contributed by atoms with van der Waals surface area (Å²) in [4.78, 5) is 23.6. The molecule has 0 saturated heterocycles. The number of methoxy groups -OCH3 is 2. The van der Waals surface area contributed by atoms with E-state index in [0.29, 0.717) is 13.0 Å². The van der Waals surface area contributed by atoms with E-state index in [1.165, 1.54) is 0 Å². The number of nitrogens with zero attached hydrogens (tertiary/aromatic N) is 5. The molecule has 1 N–H and O–H groups in total. The molecule has 4 aromatic rings. The van der Waals surface area contributed by atoms with Crippen LogP contribution in [-0.4, -0.2) is 45.2 Å². The van der Waals surface area contributed by atoms with Crippen molar-refractivity contribution in [2.75, 3.05) is 19.1 Å². The summed E-state index contributed by atoms with van der Waals surface area (Å²) in [7, 11) is 3.34. The first kappa shape index (κ1) is 20.7. The zero-order valence-electron chi connectivity index (χ0n) is 18.5. The first-order chi connectivity index (χ1) is 16.2. The monoisotopic (exact) mass is 440 g/mol. The van der Waals surface area contributed by atoms with Crippen LogP contribution in [0.2, 0.25) is 0 Å². The standard InChI is InChI=1S/C25H24N6O2/c1-32-20-11-19(12-21(13-20)33-2)31(16-24-27-8-9-28-24)25-6-5-22-23(30-25)10-18(15-29-22)17-4-3-7-26-14-17/h3-11,13-15,19H,12,16H2,1-2H3,(H,27,28). The molecular formula is C25H24N6O2. The maximum absolute atomic E-state index is 5.56. The summed E-state index contributed by atoms with van der Waals surface area (Å²) < 4.78 is 11.1. The molecule has 8 heteroatoms. The Morgan fingerprint density at radius 2 is 1.97 bits per heavy atom. The van der Waals surface area contributed by atoms with Gasteiger partial charge in [-0.25, -0.2) is 9.97 Å². The number of allylic oxidation sites excluding steroid dienone is 1. The molecule has 4 aromatic heterocycles. The van der Waals surface area contributed by atoms with Gasteiger partial charge in [-0.05, 0) is 30.3 Å². The van der Waals surface area contributed by atoms with Crippen molar-refractivity contribution in [2.45, 2.75) is 19.0 Å². The summed E-state index contributed by atoms with van der Waals surface area (Å²) in [5, 5.41) is 0. The van der Waals surface area contributed by atoms with Gasteiger partial charge in [0.1, 0.15) is 23.2 Å². The maximum atomic E-state index is 5.56. The molecule has 1 unspecified atom stereocenters. The highest BCUT2D eigenvalue weighted by atomic mass is 16.5. The quantitative estimate of drug-likeness (QED) is 0.459. The molecule has 0 bridgehead atoms. The zero-order chi connectivity index (χ0) is 22.6. The van der Waals surface area contributed by atoms with Gasteiger partial charge < -0.3 is 19.4 Å². The molecule has 0 saturated carbocycles. The Hall–Kier alpha value is -4.20. The van der Waals surface area contributed by atoms with Gasteiger partial charge in [0.15, 0.2) is 0 Å². The Balaban J connectivity index is 1.56. The van der Waals surface area contributed by atoms with E-state index in [1.54, 1.807) is 26.6 Å². The lowest BCUT2D eigenvalue weighted by Gasteiger charge is -2.33. The van der Waals surface area contributed by atoms with Crippen LogP contribution in [0.4, 0.5) is 5.82 Å². The number of aromatic amines is 1. The fourth-order valence-electron chi connectivity index (χ4n) is 3.95. The molecule has 33 heavy (non-hydrogen) atoms. The van der Waals surface area contributed by atoms with Crippen molar-refractivity contribution >= 4 is 16.9 Å². The second-order valence-electron chi connectivity index (χ2n) is 7.70. The normalized spacial score (nSPS) is 15.6. The van der Waals surface area contributed by atoms with Gasteiger partial charge in [0.25, 0.3) is 0 Å². The van der Waals surface area contributed by atoms with Crippen LogP contribution in [-0.2, 0) is 16.0 Å². The number of hydrogen-bond acceptors (Lipinski definition) is 7. The van der Waals surface area contributed by atoms with Crippen LogP contribution in [0.1, 0.15) is 12.2 Å². The lowest BCUT2D eigenvalue weighted by Crippen LogP contribution is -2.36. The number of rotatable bonds is 7. The number of fused-ring (bicyclic) bond motifs is 1. The number of hydrogen-bond donors (Lipinski definition) is 1. The van der Waals surface area contributed by atoms with Gasteiger partial charge in [-0.1, -0.05) is 6.07 Å². The molecule has 0 aromatic carbocycles. The predicted octanol–water partition coefficient (Wildman–Crippen LogP) is 4.25. The molecule has 0 aliphatic heterocycles. The van der Waals surface area contributed by atoms with Crippen molar-refractivity contribution in [2.24, 2.45) is 0 Å². The van der Waals surface area contributed by atoms with Crippen molar-refractivity contribution in [1.82, 2.24) is 24.9 Å². The molecule has 0 spiro atoms.